The highest BCUT2D eigenvalue weighted by molar-refractivity contribution is 7.99. The number of benzene rings is 1. The Morgan fingerprint density at radius 2 is 2.09 bits per heavy atom. The molecule has 122 valence electrons. The number of nitrogens with one attached hydrogen (secondary N) is 1. The van der Waals surface area contributed by atoms with Gasteiger partial charge in [0.15, 0.2) is 0 Å². The van der Waals surface area contributed by atoms with Crippen LogP contribution in [-0.4, -0.2) is 32.2 Å². The van der Waals surface area contributed by atoms with Crippen LogP contribution in [0.25, 0.3) is 0 Å². The quantitative estimate of drug-likeness (QED) is 0.913. The van der Waals surface area contributed by atoms with Crippen LogP contribution in [0, 0.1) is 0 Å². The topological polar surface area (TPSA) is 66.5 Å². The molecule has 0 saturated heterocycles. The molecule has 1 N–H and O–H groups in total. The van der Waals surface area contributed by atoms with Crippen molar-refractivity contribution in [3.8, 4) is 0 Å². The standard InChI is InChI=1S/C15H22N2O3S2/c1-5-15(3,4)16-22(19,20)12-6-7-13-14(10-12)21-9-8-17(13)11(2)18/h6-7,10,16H,5,8-9H2,1-4H3. The zero-order valence-corrected chi connectivity index (χ0v) is 15.0. The van der Waals surface area contributed by atoms with Gasteiger partial charge in [-0.05, 0) is 38.5 Å². The molecule has 0 bridgehead atoms. The zero-order valence-electron chi connectivity index (χ0n) is 13.3. The van der Waals surface area contributed by atoms with Gasteiger partial charge in [0.1, 0.15) is 0 Å². The van der Waals surface area contributed by atoms with E-state index in [1.54, 1.807) is 34.9 Å². The van der Waals surface area contributed by atoms with Crippen molar-refractivity contribution in [2.45, 2.75) is 49.4 Å². The first-order chi connectivity index (χ1) is 10.2. The van der Waals surface area contributed by atoms with Crippen molar-refractivity contribution in [3.63, 3.8) is 0 Å². The van der Waals surface area contributed by atoms with Gasteiger partial charge in [0.05, 0.1) is 10.6 Å². The van der Waals surface area contributed by atoms with Crippen LogP contribution in [0.4, 0.5) is 5.69 Å². The van der Waals surface area contributed by atoms with E-state index in [0.29, 0.717) is 13.0 Å². The lowest BCUT2D eigenvalue weighted by Gasteiger charge is -2.29. The second kappa shape index (κ2) is 6.22. The number of carbonyl (C=O) groups is 1. The fourth-order valence-corrected chi connectivity index (χ4v) is 4.80. The summed E-state index contributed by atoms with van der Waals surface area (Å²) in [6, 6.07) is 4.94. The molecule has 1 aromatic carbocycles. The maximum atomic E-state index is 12.5. The summed E-state index contributed by atoms with van der Waals surface area (Å²) in [6.45, 7) is 7.83. The van der Waals surface area contributed by atoms with E-state index >= 15 is 0 Å². The van der Waals surface area contributed by atoms with Crippen LogP contribution >= 0.6 is 11.8 Å². The minimum absolute atomic E-state index is 0.0256. The van der Waals surface area contributed by atoms with Gasteiger partial charge in [0, 0.05) is 29.7 Å². The van der Waals surface area contributed by atoms with Gasteiger partial charge in [-0.3, -0.25) is 4.79 Å². The lowest BCUT2D eigenvalue weighted by atomic mass is 10.0. The third-order valence-corrected chi connectivity index (χ3v) is 6.50. The van der Waals surface area contributed by atoms with E-state index in [-0.39, 0.29) is 10.8 Å². The highest BCUT2D eigenvalue weighted by atomic mass is 32.2. The van der Waals surface area contributed by atoms with E-state index in [1.165, 1.54) is 6.92 Å². The Morgan fingerprint density at radius 1 is 1.41 bits per heavy atom. The van der Waals surface area contributed by atoms with E-state index in [0.717, 1.165) is 16.3 Å². The van der Waals surface area contributed by atoms with Crippen molar-refractivity contribution in [2.24, 2.45) is 0 Å². The van der Waals surface area contributed by atoms with Crippen LogP contribution in [0.2, 0.25) is 0 Å². The summed E-state index contributed by atoms with van der Waals surface area (Å²) in [7, 11) is -3.57. The first-order valence-electron chi connectivity index (χ1n) is 7.25. The van der Waals surface area contributed by atoms with E-state index < -0.39 is 15.6 Å². The number of rotatable bonds is 4. The Hall–Kier alpha value is -1.05. The average molecular weight is 342 g/mol. The molecular weight excluding hydrogens is 320 g/mol. The van der Waals surface area contributed by atoms with Crippen LogP contribution in [0.5, 0.6) is 0 Å². The van der Waals surface area contributed by atoms with E-state index in [1.807, 2.05) is 20.8 Å². The number of fused-ring (bicyclic) bond motifs is 1. The summed E-state index contributed by atoms with van der Waals surface area (Å²) >= 11 is 1.58. The summed E-state index contributed by atoms with van der Waals surface area (Å²) in [6.07, 6.45) is 0.698. The van der Waals surface area contributed by atoms with Gasteiger partial charge in [-0.2, -0.15) is 0 Å². The van der Waals surface area contributed by atoms with Gasteiger partial charge in [-0.1, -0.05) is 6.92 Å². The molecule has 0 saturated carbocycles. The molecule has 1 aliphatic rings. The van der Waals surface area contributed by atoms with E-state index in [9.17, 15) is 13.2 Å². The molecule has 0 aliphatic carbocycles. The van der Waals surface area contributed by atoms with Gasteiger partial charge in [0.25, 0.3) is 0 Å². The van der Waals surface area contributed by atoms with E-state index in [4.69, 9.17) is 0 Å². The van der Waals surface area contributed by atoms with Crippen molar-refractivity contribution < 1.29 is 13.2 Å². The molecule has 0 unspecified atom stereocenters. The molecule has 5 nitrogen and oxygen atoms in total. The predicted molar refractivity (Wildman–Crippen MR) is 89.9 cm³/mol. The number of nitrogens with zero attached hydrogens (tertiary/aromatic N) is 1. The van der Waals surface area contributed by atoms with Crippen LogP contribution in [0.1, 0.15) is 34.1 Å². The molecule has 0 radical (unpaired) electrons. The second-order valence-corrected chi connectivity index (χ2v) is 8.81. The lowest BCUT2D eigenvalue weighted by molar-refractivity contribution is -0.116. The first kappa shape index (κ1) is 17.3. The Balaban J connectivity index is 2.37. The molecule has 0 fully saturated rings. The summed E-state index contributed by atoms with van der Waals surface area (Å²) < 4.78 is 27.7. The van der Waals surface area contributed by atoms with Crippen molar-refractivity contribution in [1.82, 2.24) is 4.72 Å². The molecule has 0 spiro atoms. The highest BCUT2D eigenvalue weighted by Crippen LogP contribution is 2.36. The molecular formula is C15H22N2O3S2. The smallest absolute Gasteiger partial charge is 0.241 e. The van der Waals surface area contributed by atoms with Crippen LogP contribution in [0.15, 0.2) is 28.0 Å². The first-order valence-corrected chi connectivity index (χ1v) is 9.72. The molecule has 7 heteroatoms. The van der Waals surface area contributed by atoms with Gasteiger partial charge >= 0.3 is 0 Å². The highest BCUT2D eigenvalue weighted by Gasteiger charge is 2.27. The molecule has 2 rings (SSSR count). The molecule has 1 amide bonds. The van der Waals surface area contributed by atoms with Gasteiger partial charge in [0.2, 0.25) is 15.9 Å². The van der Waals surface area contributed by atoms with Crippen LogP contribution in [0.3, 0.4) is 0 Å². The molecule has 1 aliphatic heterocycles. The molecule has 1 aromatic rings. The predicted octanol–water partition coefficient (Wildman–Crippen LogP) is 2.61. The largest absolute Gasteiger partial charge is 0.311 e. The molecule has 0 aromatic heterocycles. The number of sulfonamides is 1. The summed E-state index contributed by atoms with van der Waals surface area (Å²) in [5.41, 5.74) is 0.297. The SMILES string of the molecule is CCC(C)(C)NS(=O)(=O)c1ccc2c(c1)SCCN2C(C)=O. The van der Waals surface area contributed by atoms with Crippen molar-refractivity contribution >= 4 is 33.4 Å². The monoisotopic (exact) mass is 342 g/mol. The fourth-order valence-electron chi connectivity index (χ4n) is 2.19. The third-order valence-electron chi connectivity index (χ3n) is 3.78. The molecule has 1 heterocycles. The van der Waals surface area contributed by atoms with Crippen LogP contribution < -0.4 is 9.62 Å². The second-order valence-electron chi connectivity index (χ2n) is 5.99. The number of thioether (sulfide) groups is 1. The van der Waals surface area contributed by atoms with Crippen LogP contribution in [-0.2, 0) is 14.8 Å². The van der Waals surface area contributed by atoms with Crippen molar-refractivity contribution in [2.75, 3.05) is 17.2 Å². The minimum atomic E-state index is -3.57. The maximum absolute atomic E-state index is 12.5. The summed E-state index contributed by atoms with van der Waals surface area (Å²) in [5.74, 6) is 0.742. The Morgan fingerprint density at radius 3 is 2.68 bits per heavy atom. The normalized spacial score (nSPS) is 15.5. The Labute approximate surface area is 136 Å². The third kappa shape index (κ3) is 3.64. The van der Waals surface area contributed by atoms with Crippen molar-refractivity contribution in [3.05, 3.63) is 18.2 Å². The Bertz CT molecular complexity index is 684. The zero-order chi connectivity index (χ0) is 16.5. The van der Waals surface area contributed by atoms with Gasteiger partial charge < -0.3 is 4.90 Å². The summed E-state index contributed by atoms with van der Waals surface area (Å²) in [5, 5.41) is 0. The number of carbonyl (C=O) groups excluding carboxylic acids is 1. The van der Waals surface area contributed by atoms with Gasteiger partial charge in [-0.25, -0.2) is 13.1 Å². The molecule has 0 atom stereocenters. The minimum Gasteiger partial charge on any atom is -0.311 e. The average Bonchev–Trinajstić information content (AvgIpc) is 2.44. The number of hydrogen-bond acceptors (Lipinski definition) is 4. The van der Waals surface area contributed by atoms with E-state index in [2.05, 4.69) is 4.72 Å². The number of amides is 1. The van der Waals surface area contributed by atoms with Crippen molar-refractivity contribution in [1.29, 1.82) is 0 Å². The molecule has 22 heavy (non-hydrogen) atoms. The number of hydrogen-bond donors (Lipinski definition) is 1. The summed E-state index contributed by atoms with van der Waals surface area (Å²) in [4.78, 5) is 14.4. The van der Waals surface area contributed by atoms with Gasteiger partial charge in [-0.15, -0.1) is 11.8 Å². The fraction of sp³-hybridized carbons (Fsp3) is 0.533. The Kier molecular flexibility index (Phi) is 4.89. The maximum Gasteiger partial charge on any atom is 0.241 e. The lowest BCUT2D eigenvalue weighted by Crippen LogP contribution is -2.42. The number of anilines is 1.